The predicted octanol–water partition coefficient (Wildman–Crippen LogP) is 11.7. The summed E-state index contributed by atoms with van der Waals surface area (Å²) in [5.74, 6) is 16.9. The Bertz CT molecular complexity index is 3110. The first-order valence-corrected chi connectivity index (χ1v) is 27.5. The van der Waals surface area contributed by atoms with E-state index in [1.54, 1.807) is 31.3 Å². The van der Waals surface area contributed by atoms with Crippen LogP contribution in [-0.4, -0.2) is 57.1 Å². The smallest absolute Gasteiger partial charge is 0.268 e. The van der Waals surface area contributed by atoms with Gasteiger partial charge in [-0.2, -0.15) is 0 Å². The van der Waals surface area contributed by atoms with Crippen LogP contribution in [0.5, 0.6) is 23.0 Å². The number of carbonyl (C=O) groups is 4. The average molecular weight is 1100 g/mol. The second kappa shape index (κ2) is 28.1. The van der Waals surface area contributed by atoms with Gasteiger partial charge >= 0.3 is 0 Å². The standard InChI is InChI=1S/C67H69N7O8/c1-6-34-79-58-38-50(26-30-54(58)64(75)71-5)42-10-18-46(19-11-42)62(47-20-12-43(13-21-47)51-27-31-55(65(76)72-68)59(39-51)80-35-7-2)63(48-22-14-44(15-23-48)52-28-32-56(66(77)73-69)60(40-52)81-36-8-3)49-24-16-45(17-25-49)53-29-33-57(67(78)74-70)61(41-53)82-37-9-4/h10-33,38-41H,6-9,34-37,68-70H2,1-5H3,(H,71,75)(H,72,76)(H,73,77)(H,74,78). The number of rotatable bonds is 24. The Balaban J connectivity index is 1.33. The van der Waals surface area contributed by atoms with Crippen molar-refractivity contribution < 1.29 is 38.1 Å². The van der Waals surface area contributed by atoms with Crippen LogP contribution in [0, 0.1) is 0 Å². The molecule has 0 bridgehead atoms. The number of nitrogens with one attached hydrogen (secondary N) is 4. The minimum atomic E-state index is -0.450. The summed E-state index contributed by atoms with van der Waals surface area (Å²) in [5.41, 5.74) is 20.6. The number of amides is 4. The van der Waals surface area contributed by atoms with Gasteiger partial charge in [0.25, 0.3) is 23.6 Å². The first-order chi connectivity index (χ1) is 40.0. The second-order valence-electron chi connectivity index (χ2n) is 19.3. The molecule has 0 radical (unpaired) electrons. The van der Waals surface area contributed by atoms with Crippen LogP contribution in [0.15, 0.2) is 170 Å². The molecule has 8 aromatic carbocycles. The number of carbonyl (C=O) groups excluding carboxylic acids is 4. The largest absolute Gasteiger partial charge is 0.493 e. The molecule has 0 saturated carbocycles. The first-order valence-electron chi connectivity index (χ1n) is 27.5. The summed E-state index contributed by atoms with van der Waals surface area (Å²) >= 11 is 0. The van der Waals surface area contributed by atoms with Crippen molar-refractivity contribution in [2.75, 3.05) is 33.5 Å². The van der Waals surface area contributed by atoms with E-state index >= 15 is 0 Å². The lowest BCUT2D eigenvalue weighted by atomic mass is 9.84. The molecule has 0 aliphatic heterocycles. The minimum Gasteiger partial charge on any atom is -0.493 e. The summed E-state index contributed by atoms with van der Waals surface area (Å²) in [6.07, 6.45) is 3.02. The molecule has 8 rings (SSSR count). The Hall–Kier alpha value is -9.54. The Labute approximate surface area is 478 Å². The fourth-order valence-electron chi connectivity index (χ4n) is 9.48. The molecule has 0 fully saturated rings. The molecular formula is C67H69N7O8. The van der Waals surface area contributed by atoms with Gasteiger partial charge in [-0.05, 0) is 152 Å². The molecule has 15 heteroatoms. The molecule has 0 atom stereocenters. The number of hydrogen-bond acceptors (Lipinski definition) is 11. The van der Waals surface area contributed by atoms with E-state index in [9.17, 15) is 19.2 Å². The maximum absolute atomic E-state index is 12.9. The number of hydrogen-bond donors (Lipinski definition) is 7. The molecule has 0 aliphatic rings. The highest BCUT2D eigenvalue weighted by atomic mass is 16.5. The van der Waals surface area contributed by atoms with Gasteiger partial charge in [0.05, 0.1) is 48.7 Å². The molecule has 420 valence electrons. The molecule has 0 heterocycles. The maximum atomic E-state index is 12.9. The summed E-state index contributed by atoms with van der Waals surface area (Å²) < 4.78 is 24.3. The van der Waals surface area contributed by atoms with E-state index in [1.807, 2.05) is 76.2 Å². The molecule has 15 nitrogen and oxygen atoms in total. The second-order valence-corrected chi connectivity index (χ2v) is 19.3. The summed E-state index contributed by atoms with van der Waals surface area (Å²) in [5, 5.41) is 2.72. The number of nitrogen functional groups attached to an aromatic ring is 3. The highest BCUT2D eigenvalue weighted by Crippen LogP contribution is 2.41. The Morgan fingerprint density at radius 1 is 0.317 bits per heavy atom. The van der Waals surface area contributed by atoms with Gasteiger partial charge in [-0.25, -0.2) is 17.5 Å². The monoisotopic (exact) mass is 1100 g/mol. The molecule has 0 spiro atoms. The lowest BCUT2D eigenvalue weighted by Gasteiger charge is -2.20. The third-order valence-electron chi connectivity index (χ3n) is 13.6. The van der Waals surface area contributed by atoms with E-state index in [0.29, 0.717) is 71.7 Å². The van der Waals surface area contributed by atoms with Crippen molar-refractivity contribution in [3.8, 4) is 67.5 Å². The maximum Gasteiger partial charge on any atom is 0.268 e. The van der Waals surface area contributed by atoms with E-state index in [-0.39, 0.29) is 5.91 Å². The van der Waals surface area contributed by atoms with Crippen molar-refractivity contribution in [2.45, 2.75) is 53.4 Å². The third-order valence-corrected chi connectivity index (χ3v) is 13.6. The highest BCUT2D eigenvalue weighted by Gasteiger charge is 2.22. The van der Waals surface area contributed by atoms with Crippen LogP contribution in [0.4, 0.5) is 0 Å². The molecular weight excluding hydrogens is 1030 g/mol. The molecule has 8 aromatic rings. The van der Waals surface area contributed by atoms with Gasteiger partial charge in [-0.1, -0.05) is 149 Å². The predicted molar refractivity (Wildman–Crippen MR) is 324 cm³/mol. The Morgan fingerprint density at radius 3 is 0.720 bits per heavy atom. The Morgan fingerprint density at radius 2 is 0.524 bits per heavy atom. The lowest BCUT2D eigenvalue weighted by molar-refractivity contribution is 0.0941. The topological polar surface area (TPSA) is 231 Å². The van der Waals surface area contributed by atoms with Gasteiger partial charge in [-0.3, -0.25) is 35.5 Å². The fraction of sp³-hybridized carbons (Fsp3) is 0.194. The van der Waals surface area contributed by atoms with E-state index in [4.69, 9.17) is 36.5 Å². The SMILES string of the molecule is CCCOc1cc(-c2ccc(C(=C(c3ccc(-c4ccc(C(=O)NN)c(OCCC)c4)cc3)c3ccc(-c4ccc(C(=O)NN)c(OCCC)c4)cc3)c3ccc(-c4ccc(C(=O)NN)c(OCCC)c4)cc3)cc2)ccc1C(=O)NC. The number of ether oxygens (including phenoxy) is 4. The fourth-order valence-corrected chi connectivity index (χ4v) is 9.48. The zero-order valence-electron chi connectivity index (χ0n) is 46.8. The van der Waals surface area contributed by atoms with Gasteiger partial charge in [0.15, 0.2) is 0 Å². The van der Waals surface area contributed by atoms with Crippen molar-refractivity contribution in [3.05, 3.63) is 214 Å². The molecule has 0 unspecified atom stereocenters. The van der Waals surface area contributed by atoms with E-state index in [2.05, 4.69) is 119 Å². The van der Waals surface area contributed by atoms with Gasteiger partial charge in [-0.15, -0.1) is 0 Å². The number of hydrazine groups is 3. The third kappa shape index (κ3) is 13.5. The average Bonchev–Trinajstić information content (AvgIpc) is 3.65. The van der Waals surface area contributed by atoms with E-state index in [0.717, 1.165) is 104 Å². The molecule has 4 amide bonds. The van der Waals surface area contributed by atoms with Crippen LogP contribution in [-0.2, 0) is 0 Å². The van der Waals surface area contributed by atoms with Crippen molar-refractivity contribution in [3.63, 3.8) is 0 Å². The zero-order valence-corrected chi connectivity index (χ0v) is 46.8. The zero-order chi connectivity index (χ0) is 58.1. The van der Waals surface area contributed by atoms with E-state index < -0.39 is 17.7 Å². The summed E-state index contributed by atoms with van der Waals surface area (Å²) in [7, 11) is 1.60. The Kier molecular flexibility index (Phi) is 20.0. The molecule has 82 heavy (non-hydrogen) atoms. The summed E-state index contributed by atoms with van der Waals surface area (Å²) in [4.78, 5) is 51.3. The van der Waals surface area contributed by atoms with Gasteiger partial charge in [0, 0.05) is 7.05 Å². The summed E-state index contributed by atoms with van der Waals surface area (Å²) in [6, 6.07) is 55.2. The normalized spacial score (nSPS) is 10.8. The van der Waals surface area contributed by atoms with Crippen molar-refractivity contribution >= 4 is 34.8 Å². The van der Waals surface area contributed by atoms with Crippen LogP contribution in [0.2, 0.25) is 0 Å². The van der Waals surface area contributed by atoms with Gasteiger partial charge in [0.1, 0.15) is 23.0 Å². The first kappa shape index (κ1) is 58.6. The van der Waals surface area contributed by atoms with Crippen molar-refractivity contribution in [1.82, 2.24) is 21.6 Å². The van der Waals surface area contributed by atoms with Gasteiger partial charge < -0.3 is 24.3 Å². The molecule has 0 aromatic heterocycles. The lowest BCUT2D eigenvalue weighted by Crippen LogP contribution is -2.30. The number of benzene rings is 8. The molecule has 0 aliphatic carbocycles. The van der Waals surface area contributed by atoms with Crippen LogP contribution in [0.25, 0.3) is 55.7 Å². The van der Waals surface area contributed by atoms with Crippen LogP contribution < -0.4 is 58.1 Å². The van der Waals surface area contributed by atoms with Crippen molar-refractivity contribution in [2.24, 2.45) is 17.5 Å². The van der Waals surface area contributed by atoms with Crippen LogP contribution in [0.1, 0.15) is 117 Å². The molecule has 10 N–H and O–H groups in total. The van der Waals surface area contributed by atoms with E-state index in [1.165, 1.54) is 0 Å². The van der Waals surface area contributed by atoms with Crippen LogP contribution in [0.3, 0.4) is 0 Å². The quantitative estimate of drug-likeness (QED) is 0.0130. The molecule has 0 saturated heterocycles. The van der Waals surface area contributed by atoms with Gasteiger partial charge in [0.2, 0.25) is 0 Å². The minimum absolute atomic E-state index is 0.232. The summed E-state index contributed by atoms with van der Waals surface area (Å²) in [6.45, 7) is 9.73. The highest BCUT2D eigenvalue weighted by molar-refractivity contribution is 6.06. The van der Waals surface area contributed by atoms with Crippen molar-refractivity contribution in [1.29, 1.82) is 0 Å². The van der Waals surface area contributed by atoms with Crippen LogP contribution >= 0.6 is 0 Å². The number of nitrogens with two attached hydrogens (primary N) is 3.